The molecule has 0 unspecified atom stereocenters. The molecule has 0 heterocycles. The van der Waals surface area contributed by atoms with Gasteiger partial charge in [-0.3, -0.25) is 4.79 Å². The summed E-state index contributed by atoms with van der Waals surface area (Å²) < 4.78 is 30.9. The molecule has 0 aliphatic carbocycles. The molecule has 3 nitrogen and oxygen atoms in total. The predicted molar refractivity (Wildman–Crippen MR) is 64.3 cm³/mol. The van der Waals surface area contributed by atoms with Gasteiger partial charge in [0.1, 0.15) is 12.4 Å². The lowest BCUT2D eigenvalue weighted by atomic mass is 10.1. The van der Waals surface area contributed by atoms with Crippen molar-refractivity contribution in [3.8, 4) is 5.75 Å². The van der Waals surface area contributed by atoms with Gasteiger partial charge in [-0.05, 0) is 18.1 Å². The number of carbonyl (C=O) groups excluding carboxylic acids is 1. The molecular weight excluding hydrogens is 240 g/mol. The normalized spacial score (nSPS) is 10.5. The van der Waals surface area contributed by atoms with E-state index in [4.69, 9.17) is 4.74 Å². The second-order valence-corrected chi connectivity index (χ2v) is 4.37. The van der Waals surface area contributed by atoms with Crippen LogP contribution in [0.25, 0.3) is 0 Å². The molecule has 0 saturated heterocycles. The molecule has 0 aliphatic rings. The minimum atomic E-state index is -0.747. The summed E-state index contributed by atoms with van der Waals surface area (Å²) in [6.07, 6.45) is 0.449. The van der Waals surface area contributed by atoms with Crippen molar-refractivity contribution in [1.29, 1.82) is 0 Å². The van der Waals surface area contributed by atoms with E-state index >= 15 is 0 Å². The van der Waals surface area contributed by atoms with Crippen LogP contribution in [0.15, 0.2) is 18.2 Å². The molecule has 5 heteroatoms. The van der Waals surface area contributed by atoms with E-state index in [2.05, 4.69) is 5.32 Å². The van der Waals surface area contributed by atoms with E-state index in [0.29, 0.717) is 18.9 Å². The summed E-state index contributed by atoms with van der Waals surface area (Å²) in [5.74, 6) is -1.18. The third-order valence-corrected chi connectivity index (χ3v) is 2.17. The highest BCUT2D eigenvalue weighted by molar-refractivity contribution is 5.75. The Kier molecular flexibility index (Phi) is 5.55. The molecular formula is C13H17F2NO2. The van der Waals surface area contributed by atoms with Crippen LogP contribution in [0.4, 0.5) is 8.78 Å². The van der Waals surface area contributed by atoms with Crippen LogP contribution < -0.4 is 10.1 Å². The Morgan fingerprint density at radius 1 is 1.39 bits per heavy atom. The molecule has 1 amide bonds. The zero-order chi connectivity index (χ0) is 13.5. The smallest absolute Gasteiger partial charge is 0.220 e. The number of halogens is 2. The minimum absolute atomic E-state index is 0.0190. The maximum absolute atomic E-state index is 13.2. The second-order valence-electron chi connectivity index (χ2n) is 4.37. The quantitative estimate of drug-likeness (QED) is 0.795. The van der Waals surface area contributed by atoms with Gasteiger partial charge in [-0.2, -0.15) is 0 Å². The second kappa shape index (κ2) is 6.93. The maximum atomic E-state index is 13.2. The first kappa shape index (κ1) is 14.4. The topological polar surface area (TPSA) is 38.3 Å². The monoisotopic (exact) mass is 257 g/mol. The number of nitrogens with one attached hydrogen (secondary N) is 1. The van der Waals surface area contributed by atoms with E-state index in [1.807, 2.05) is 13.8 Å². The van der Waals surface area contributed by atoms with Crippen molar-refractivity contribution < 1.29 is 18.3 Å². The van der Waals surface area contributed by atoms with Gasteiger partial charge < -0.3 is 10.1 Å². The van der Waals surface area contributed by atoms with E-state index < -0.39 is 11.6 Å². The fourth-order valence-corrected chi connectivity index (χ4v) is 1.39. The molecule has 0 saturated carbocycles. The minimum Gasteiger partial charge on any atom is -0.489 e. The molecule has 1 N–H and O–H groups in total. The van der Waals surface area contributed by atoms with Crippen LogP contribution in [-0.2, 0) is 4.79 Å². The lowest BCUT2D eigenvalue weighted by Crippen LogP contribution is -2.28. The Labute approximate surface area is 105 Å². The highest BCUT2D eigenvalue weighted by Crippen LogP contribution is 2.17. The number of hydrogen-bond acceptors (Lipinski definition) is 2. The molecule has 1 rings (SSSR count). The lowest BCUT2D eigenvalue weighted by Gasteiger charge is -2.09. The van der Waals surface area contributed by atoms with Crippen LogP contribution in [-0.4, -0.2) is 19.1 Å². The number of ether oxygens (including phenoxy) is 1. The van der Waals surface area contributed by atoms with E-state index in [9.17, 15) is 13.6 Å². The molecule has 0 radical (unpaired) electrons. The van der Waals surface area contributed by atoms with Gasteiger partial charge in [-0.15, -0.1) is 0 Å². The van der Waals surface area contributed by atoms with Gasteiger partial charge in [0.2, 0.25) is 5.91 Å². The summed E-state index contributed by atoms with van der Waals surface area (Å²) in [5.41, 5.74) is 0. The molecule has 0 spiro atoms. The number of amides is 1. The van der Waals surface area contributed by atoms with E-state index in [-0.39, 0.29) is 18.3 Å². The van der Waals surface area contributed by atoms with Gasteiger partial charge in [0.25, 0.3) is 0 Å². The van der Waals surface area contributed by atoms with Gasteiger partial charge in [-0.1, -0.05) is 13.8 Å². The van der Waals surface area contributed by atoms with Gasteiger partial charge in [-0.25, -0.2) is 8.78 Å². The van der Waals surface area contributed by atoms with Crippen LogP contribution in [0, 0.1) is 17.6 Å². The highest BCUT2D eigenvalue weighted by Gasteiger charge is 2.06. The highest BCUT2D eigenvalue weighted by atomic mass is 19.1. The molecule has 0 aliphatic heterocycles. The van der Waals surface area contributed by atoms with Crippen LogP contribution in [0.3, 0.4) is 0 Å². The Hall–Kier alpha value is -1.65. The summed E-state index contributed by atoms with van der Waals surface area (Å²) in [7, 11) is 0. The van der Waals surface area contributed by atoms with Gasteiger partial charge in [0.05, 0.1) is 6.54 Å². The Morgan fingerprint density at radius 2 is 2.11 bits per heavy atom. The molecule has 100 valence electrons. The van der Waals surface area contributed by atoms with Gasteiger partial charge >= 0.3 is 0 Å². The van der Waals surface area contributed by atoms with Crippen molar-refractivity contribution >= 4 is 5.91 Å². The van der Waals surface area contributed by atoms with Gasteiger partial charge in [0.15, 0.2) is 11.6 Å². The Balaban J connectivity index is 2.27. The van der Waals surface area contributed by atoms with Crippen LogP contribution in [0.5, 0.6) is 5.75 Å². The maximum Gasteiger partial charge on any atom is 0.220 e. The van der Waals surface area contributed by atoms with Gasteiger partial charge in [0, 0.05) is 12.5 Å². The van der Waals surface area contributed by atoms with Crippen molar-refractivity contribution in [3.05, 3.63) is 29.8 Å². The summed E-state index contributed by atoms with van der Waals surface area (Å²) in [4.78, 5) is 11.3. The van der Waals surface area contributed by atoms with Crippen molar-refractivity contribution in [1.82, 2.24) is 5.32 Å². The molecule has 0 atom stereocenters. The van der Waals surface area contributed by atoms with Crippen LogP contribution in [0.1, 0.15) is 20.3 Å². The van der Waals surface area contributed by atoms with Crippen LogP contribution in [0.2, 0.25) is 0 Å². The lowest BCUT2D eigenvalue weighted by molar-refractivity contribution is -0.121. The zero-order valence-electron chi connectivity index (χ0n) is 10.5. The third kappa shape index (κ3) is 5.12. The predicted octanol–water partition coefficient (Wildman–Crippen LogP) is 2.51. The third-order valence-electron chi connectivity index (χ3n) is 2.17. The standard InChI is InChI=1S/C13H17F2NO2/c1-9(2)7-13(17)16-5-6-18-12-4-3-10(14)8-11(12)15/h3-4,8-9H,5-7H2,1-2H3,(H,16,17). The first-order valence-corrected chi connectivity index (χ1v) is 5.83. The SMILES string of the molecule is CC(C)CC(=O)NCCOc1ccc(F)cc1F. The average Bonchev–Trinajstić information content (AvgIpc) is 2.25. The molecule has 18 heavy (non-hydrogen) atoms. The van der Waals surface area contributed by atoms with E-state index in [1.165, 1.54) is 6.07 Å². The fourth-order valence-electron chi connectivity index (χ4n) is 1.39. The Bertz CT molecular complexity index is 408. The van der Waals surface area contributed by atoms with Crippen molar-refractivity contribution in [2.24, 2.45) is 5.92 Å². The van der Waals surface area contributed by atoms with Crippen molar-refractivity contribution in [3.63, 3.8) is 0 Å². The first-order valence-electron chi connectivity index (χ1n) is 5.83. The molecule has 0 aromatic heterocycles. The van der Waals surface area contributed by atoms with E-state index in [1.54, 1.807) is 0 Å². The van der Waals surface area contributed by atoms with E-state index in [0.717, 1.165) is 12.1 Å². The molecule has 0 bridgehead atoms. The largest absolute Gasteiger partial charge is 0.489 e. The number of rotatable bonds is 6. The summed E-state index contributed by atoms with van der Waals surface area (Å²) in [6, 6.07) is 3.10. The van der Waals surface area contributed by atoms with Crippen molar-refractivity contribution in [2.75, 3.05) is 13.2 Å². The first-order chi connectivity index (χ1) is 8.49. The number of benzene rings is 1. The molecule has 1 aromatic rings. The van der Waals surface area contributed by atoms with Crippen molar-refractivity contribution in [2.45, 2.75) is 20.3 Å². The zero-order valence-corrected chi connectivity index (χ0v) is 10.5. The number of carbonyl (C=O) groups is 1. The van der Waals surface area contributed by atoms with Crippen LogP contribution >= 0.6 is 0 Å². The summed E-state index contributed by atoms with van der Waals surface area (Å²) >= 11 is 0. The average molecular weight is 257 g/mol. The fraction of sp³-hybridized carbons (Fsp3) is 0.462. The summed E-state index contributed by atoms with van der Waals surface area (Å²) in [6.45, 7) is 4.34. The molecule has 0 fully saturated rings. The number of hydrogen-bond donors (Lipinski definition) is 1. The summed E-state index contributed by atoms with van der Waals surface area (Å²) in [5, 5.41) is 2.65. The molecule has 1 aromatic carbocycles. The Morgan fingerprint density at radius 3 is 2.72 bits per heavy atom.